The van der Waals surface area contributed by atoms with Crippen molar-refractivity contribution in [2.45, 2.75) is 6.54 Å². The van der Waals surface area contributed by atoms with Gasteiger partial charge in [-0.05, 0) is 17.7 Å². The molecule has 0 atom stereocenters. The molecule has 1 heterocycles. The Morgan fingerprint density at radius 3 is 2.88 bits per heavy atom. The number of hydrogen-bond acceptors (Lipinski definition) is 4. The summed E-state index contributed by atoms with van der Waals surface area (Å²) in [6.45, 7) is 0.306. The highest BCUT2D eigenvalue weighted by molar-refractivity contribution is 6.36. The van der Waals surface area contributed by atoms with Crippen molar-refractivity contribution in [2.24, 2.45) is 0 Å². The smallest absolute Gasteiger partial charge is 0.213 e. The zero-order valence-electron chi connectivity index (χ0n) is 8.70. The van der Waals surface area contributed by atoms with Gasteiger partial charge in [-0.3, -0.25) is 0 Å². The Hall–Kier alpha value is -1.36. The Labute approximate surface area is 97.8 Å². The molecule has 84 valence electrons. The Morgan fingerprint density at radius 2 is 2.19 bits per heavy atom. The number of halogens is 1. The SMILES string of the molecule is COc1ccc2c(Cl)c(CNO)ccc2n1. The molecule has 2 N–H and O–H groups in total. The van der Waals surface area contributed by atoms with Crippen LogP contribution in [0.2, 0.25) is 5.02 Å². The molecule has 0 bridgehead atoms. The maximum atomic E-state index is 8.65. The van der Waals surface area contributed by atoms with E-state index in [4.69, 9.17) is 21.5 Å². The Bertz CT molecular complexity index is 517. The van der Waals surface area contributed by atoms with Crippen LogP contribution < -0.4 is 10.2 Å². The molecule has 1 aromatic carbocycles. The van der Waals surface area contributed by atoms with E-state index in [1.807, 2.05) is 18.2 Å². The summed E-state index contributed by atoms with van der Waals surface area (Å²) >= 11 is 6.18. The van der Waals surface area contributed by atoms with E-state index in [9.17, 15) is 0 Å². The average molecular weight is 239 g/mol. The summed E-state index contributed by atoms with van der Waals surface area (Å²) in [7, 11) is 1.57. The van der Waals surface area contributed by atoms with Crippen molar-refractivity contribution in [3.63, 3.8) is 0 Å². The van der Waals surface area contributed by atoms with Crippen LogP contribution >= 0.6 is 11.6 Å². The summed E-state index contributed by atoms with van der Waals surface area (Å²) in [5.41, 5.74) is 3.67. The van der Waals surface area contributed by atoms with E-state index in [0.29, 0.717) is 17.4 Å². The number of hydroxylamine groups is 1. The lowest BCUT2D eigenvalue weighted by molar-refractivity contribution is 0.161. The van der Waals surface area contributed by atoms with Gasteiger partial charge in [-0.1, -0.05) is 17.7 Å². The van der Waals surface area contributed by atoms with E-state index in [2.05, 4.69) is 10.5 Å². The second-order valence-electron chi connectivity index (χ2n) is 3.29. The van der Waals surface area contributed by atoms with E-state index < -0.39 is 0 Å². The predicted molar refractivity (Wildman–Crippen MR) is 61.9 cm³/mol. The lowest BCUT2D eigenvalue weighted by atomic mass is 10.1. The standard InChI is InChI=1S/C11H11ClN2O2/c1-16-10-5-3-8-9(14-10)4-2-7(6-13-15)11(8)12/h2-5,13,15H,6H2,1H3. The monoisotopic (exact) mass is 238 g/mol. The molecule has 0 radical (unpaired) electrons. The molecule has 0 aliphatic rings. The summed E-state index contributed by atoms with van der Waals surface area (Å²) < 4.78 is 5.03. The number of methoxy groups -OCH3 is 1. The molecule has 1 aromatic heterocycles. The highest BCUT2D eigenvalue weighted by Gasteiger charge is 2.06. The molecule has 4 nitrogen and oxygen atoms in total. The van der Waals surface area contributed by atoms with Gasteiger partial charge in [0.05, 0.1) is 17.6 Å². The Balaban J connectivity index is 2.57. The van der Waals surface area contributed by atoms with Crippen molar-refractivity contribution < 1.29 is 9.94 Å². The number of pyridine rings is 1. The molecule has 0 amide bonds. The maximum absolute atomic E-state index is 8.65. The lowest BCUT2D eigenvalue weighted by Crippen LogP contribution is -2.06. The number of nitrogens with one attached hydrogen (secondary N) is 1. The first kappa shape index (κ1) is 11.1. The van der Waals surface area contributed by atoms with Gasteiger partial charge < -0.3 is 9.94 Å². The zero-order chi connectivity index (χ0) is 11.5. The summed E-state index contributed by atoms with van der Waals surface area (Å²) in [4.78, 5) is 4.27. The third kappa shape index (κ3) is 1.95. The summed E-state index contributed by atoms with van der Waals surface area (Å²) in [6.07, 6.45) is 0. The molecule has 0 fully saturated rings. The van der Waals surface area contributed by atoms with Gasteiger partial charge in [0, 0.05) is 18.0 Å². The van der Waals surface area contributed by atoms with Crippen molar-refractivity contribution in [3.8, 4) is 5.88 Å². The van der Waals surface area contributed by atoms with E-state index >= 15 is 0 Å². The molecule has 0 spiro atoms. The topological polar surface area (TPSA) is 54.4 Å². The lowest BCUT2D eigenvalue weighted by Gasteiger charge is -2.07. The van der Waals surface area contributed by atoms with Gasteiger partial charge in [0.2, 0.25) is 5.88 Å². The Kier molecular flexibility index (Phi) is 3.24. The van der Waals surface area contributed by atoms with Crippen LogP contribution in [-0.2, 0) is 6.54 Å². The van der Waals surface area contributed by atoms with Crippen LogP contribution in [0.15, 0.2) is 24.3 Å². The number of rotatable bonds is 3. The summed E-state index contributed by atoms with van der Waals surface area (Å²) in [6, 6.07) is 7.27. The predicted octanol–water partition coefficient (Wildman–Crippen LogP) is 2.38. The second-order valence-corrected chi connectivity index (χ2v) is 3.67. The minimum absolute atomic E-state index is 0.306. The molecule has 0 unspecified atom stereocenters. The number of benzene rings is 1. The summed E-state index contributed by atoms with van der Waals surface area (Å²) in [5.74, 6) is 0.552. The third-order valence-electron chi connectivity index (χ3n) is 2.34. The molecule has 0 saturated carbocycles. The first-order chi connectivity index (χ1) is 7.76. The highest BCUT2D eigenvalue weighted by Crippen LogP contribution is 2.27. The van der Waals surface area contributed by atoms with E-state index in [0.717, 1.165) is 16.5 Å². The Morgan fingerprint density at radius 1 is 1.38 bits per heavy atom. The van der Waals surface area contributed by atoms with Crippen LogP contribution in [0.3, 0.4) is 0 Å². The molecule has 2 rings (SSSR count). The number of ether oxygens (including phenoxy) is 1. The fourth-order valence-electron chi connectivity index (χ4n) is 1.53. The van der Waals surface area contributed by atoms with Crippen molar-refractivity contribution in [1.29, 1.82) is 0 Å². The average Bonchev–Trinajstić information content (AvgIpc) is 2.32. The van der Waals surface area contributed by atoms with Crippen LogP contribution in [0.4, 0.5) is 0 Å². The quantitative estimate of drug-likeness (QED) is 0.807. The van der Waals surface area contributed by atoms with Crippen LogP contribution in [0, 0.1) is 0 Å². The molecule has 16 heavy (non-hydrogen) atoms. The largest absolute Gasteiger partial charge is 0.481 e. The number of aromatic nitrogens is 1. The highest BCUT2D eigenvalue weighted by atomic mass is 35.5. The van der Waals surface area contributed by atoms with Gasteiger partial charge in [-0.2, -0.15) is 0 Å². The van der Waals surface area contributed by atoms with Crippen molar-refractivity contribution in [3.05, 3.63) is 34.9 Å². The van der Waals surface area contributed by atoms with Crippen molar-refractivity contribution in [1.82, 2.24) is 10.5 Å². The molecular weight excluding hydrogens is 228 g/mol. The summed E-state index contributed by atoms with van der Waals surface area (Å²) in [5, 5.41) is 10.1. The first-order valence-electron chi connectivity index (χ1n) is 4.75. The van der Waals surface area contributed by atoms with Gasteiger partial charge in [-0.25, -0.2) is 10.5 Å². The normalized spacial score (nSPS) is 10.7. The number of fused-ring (bicyclic) bond motifs is 1. The maximum Gasteiger partial charge on any atom is 0.213 e. The first-order valence-corrected chi connectivity index (χ1v) is 5.13. The molecule has 0 aliphatic carbocycles. The molecular formula is C11H11ClN2O2. The van der Waals surface area contributed by atoms with Crippen LogP contribution in [0.5, 0.6) is 5.88 Å². The van der Waals surface area contributed by atoms with E-state index in [1.165, 1.54) is 0 Å². The minimum Gasteiger partial charge on any atom is -0.481 e. The molecule has 0 aliphatic heterocycles. The van der Waals surface area contributed by atoms with Crippen LogP contribution in [0.25, 0.3) is 10.9 Å². The second kappa shape index (κ2) is 4.65. The zero-order valence-corrected chi connectivity index (χ0v) is 9.45. The van der Waals surface area contributed by atoms with Gasteiger partial charge in [0.15, 0.2) is 0 Å². The van der Waals surface area contributed by atoms with Crippen LogP contribution in [-0.4, -0.2) is 17.3 Å². The fraction of sp³-hybridized carbons (Fsp3) is 0.182. The molecule has 0 saturated heterocycles. The van der Waals surface area contributed by atoms with Gasteiger partial charge in [-0.15, -0.1) is 0 Å². The van der Waals surface area contributed by atoms with E-state index in [1.54, 1.807) is 13.2 Å². The van der Waals surface area contributed by atoms with Gasteiger partial charge in [0.25, 0.3) is 0 Å². The van der Waals surface area contributed by atoms with Gasteiger partial charge in [0.1, 0.15) is 0 Å². The van der Waals surface area contributed by atoms with Crippen molar-refractivity contribution >= 4 is 22.5 Å². The van der Waals surface area contributed by atoms with Crippen molar-refractivity contribution in [2.75, 3.05) is 7.11 Å². The molecule has 5 heteroatoms. The number of hydrogen-bond donors (Lipinski definition) is 2. The van der Waals surface area contributed by atoms with E-state index in [-0.39, 0.29) is 0 Å². The minimum atomic E-state index is 0.306. The van der Waals surface area contributed by atoms with Gasteiger partial charge >= 0.3 is 0 Å². The molecule has 2 aromatic rings. The third-order valence-corrected chi connectivity index (χ3v) is 2.78. The van der Waals surface area contributed by atoms with Crippen LogP contribution in [0.1, 0.15) is 5.56 Å². The number of nitrogens with zero attached hydrogens (tertiary/aromatic N) is 1. The fourth-order valence-corrected chi connectivity index (χ4v) is 1.82.